The predicted octanol–water partition coefficient (Wildman–Crippen LogP) is 2.36. The molecule has 1 aliphatic heterocycles. The maximum atomic E-state index is 12.6. The molecule has 9 heteroatoms. The van der Waals surface area contributed by atoms with E-state index in [9.17, 15) is 9.59 Å². The highest BCUT2D eigenvalue weighted by Crippen LogP contribution is 2.26. The van der Waals surface area contributed by atoms with Crippen molar-refractivity contribution in [1.29, 1.82) is 0 Å². The summed E-state index contributed by atoms with van der Waals surface area (Å²) in [6.45, 7) is 0.612. The Balaban J connectivity index is 1.50. The minimum absolute atomic E-state index is 0.181. The zero-order chi connectivity index (χ0) is 19.6. The van der Waals surface area contributed by atoms with Gasteiger partial charge < -0.3 is 15.2 Å². The van der Waals surface area contributed by atoms with Gasteiger partial charge in [0, 0.05) is 23.7 Å². The average Bonchev–Trinajstić information content (AvgIpc) is 3.42. The summed E-state index contributed by atoms with van der Waals surface area (Å²) in [5, 5.41) is 18.6. The van der Waals surface area contributed by atoms with E-state index in [2.05, 4.69) is 15.4 Å². The maximum Gasteiger partial charge on any atom is 0.305 e. The first-order valence-electron chi connectivity index (χ1n) is 8.73. The second-order valence-electron chi connectivity index (χ2n) is 6.65. The first kappa shape index (κ1) is 18.3. The van der Waals surface area contributed by atoms with Gasteiger partial charge in [0.15, 0.2) is 0 Å². The van der Waals surface area contributed by atoms with Crippen LogP contribution in [0.25, 0.3) is 16.3 Å². The van der Waals surface area contributed by atoms with Crippen LogP contribution in [0.3, 0.4) is 0 Å². The summed E-state index contributed by atoms with van der Waals surface area (Å²) in [6, 6.07) is 9.70. The number of carbonyl (C=O) groups is 2. The van der Waals surface area contributed by atoms with Crippen LogP contribution >= 0.6 is 11.3 Å². The lowest BCUT2D eigenvalue weighted by molar-refractivity contribution is -0.138. The van der Waals surface area contributed by atoms with Crippen molar-refractivity contribution >= 4 is 23.2 Å². The lowest BCUT2D eigenvalue weighted by atomic mass is 9.94. The van der Waals surface area contributed by atoms with Crippen LogP contribution in [0.1, 0.15) is 23.3 Å². The van der Waals surface area contributed by atoms with Crippen LogP contribution in [-0.4, -0.2) is 50.5 Å². The second kappa shape index (κ2) is 7.53. The predicted molar refractivity (Wildman–Crippen MR) is 103 cm³/mol. The van der Waals surface area contributed by atoms with Crippen LogP contribution in [0.15, 0.2) is 48.1 Å². The van der Waals surface area contributed by atoms with E-state index in [0.717, 1.165) is 11.3 Å². The minimum Gasteiger partial charge on any atom is -0.481 e. The average molecular weight is 398 g/mol. The number of hydrogen-bond donors (Lipinski definition) is 2. The molecule has 3 heterocycles. The molecule has 1 unspecified atom stereocenters. The van der Waals surface area contributed by atoms with Gasteiger partial charge in [0.05, 0.1) is 30.5 Å². The quantitative estimate of drug-likeness (QED) is 0.660. The molecule has 1 fully saturated rings. The molecule has 8 nitrogen and oxygen atoms in total. The Bertz CT molecular complexity index is 992. The molecule has 0 radical (unpaired) electrons. The van der Waals surface area contributed by atoms with Crippen LogP contribution in [0.4, 0.5) is 0 Å². The van der Waals surface area contributed by atoms with Gasteiger partial charge in [-0.2, -0.15) is 5.10 Å². The molecule has 1 amide bonds. The van der Waals surface area contributed by atoms with Gasteiger partial charge >= 0.3 is 5.97 Å². The first-order chi connectivity index (χ1) is 13.5. The van der Waals surface area contributed by atoms with Crippen LogP contribution < -0.4 is 5.32 Å². The molecule has 0 bridgehead atoms. The molecule has 144 valence electrons. The van der Waals surface area contributed by atoms with Crippen molar-refractivity contribution in [3.05, 3.63) is 53.8 Å². The molecule has 0 spiro atoms. The van der Waals surface area contributed by atoms with Crippen LogP contribution in [-0.2, 0) is 9.53 Å². The summed E-state index contributed by atoms with van der Waals surface area (Å²) in [5.41, 5.74) is 1.10. The molecular weight excluding hydrogens is 380 g/mol. The second-order valence-corrected chi connectivity index (χ2v) is 7.51. The molecule has 0 aliphatic carbocycles. The summed E-state index contributed by atoms with van der Waals surface area (Å²) < 4.78 is 7.05. The number of para-hydroxylation sites is 1. The third kappa shape index (κ3) is 3.80. The van der Waals surface area contributed by atoms with Gasteiger partial charge in [-0.25, -0.2) is 9.67 Å². The van der Waals surface area contributed by atoms with E-state index in [-0.39, 0.29) is 18.7 Å². The molecule has 1 atom stereocenters. The van der Waals surface area contributed by atoms with Crippen LogP contribution in [0.5, 0.6) is 0 Å². The molecule has 28 heavy (non-hydrogen) atoms. The van der Waals surface area contributed by atoms with Crippen LogP contribution in [0, 0.1) is 0 Å². The van der Waals surface area contributed by atoms with Crippen molar-refractivity contribution in [3.8, 4) is 16.3 Å². The van der Waals surface area contributed by atoms with Crippen molar-refractivity contribution in [1.82, 2.24) is 20.1 Å². The number of carboxylic acids is 1. The Kier molecular flexibility index (Phi) is 4.93. The lowest BCUT2D eigenvalue weighted by Crippen LogP contribution is -2.50. The van der Waals surface area contributed by atoms with Gasteiger partial charge in [-0.1, -0.05) is 18.2 Å². The van der Waals surface area contributed by atoms with Crippen molar-refractivity contribution < 1.29 is 19.4 Å². The number of benzene rings is 1. The van der Waals surface area contributed by atoms with E-state index in [1.807, 2.05) is 36.5 Å². The summed E-state index contributed by atoms with van der Waals surface area (Å²) in [5.74, 6) is -1.37. The molecular formula is C19H18N4O4S. The maximum absolute atomic E-state index is 12.6. The van der Waals surface area contributed by atoms with Gasteiger partial charge in [-0.3, -0.25) is 9.59 Å². The fourth-order valence-electron chi connectivity index (χ4n) is 3.15. The standard InChI is InChI=1S/C19H18N4O4S/c24-16(25)8-19(6-7-27-12-19)22-17(26)15-11-28-18(21-15)13-9-20-23(10-13)14-4-2-1-3-5-14/h1-5,9-11H,6-8,12H2,(H,22,26)(H,24,25). The first-order valence-corrected chi connectivity index (χ1v) is 9.61. The van der Waals surface area contributed by atoms with Gasteiger partial charge in [-0.15, -0.1) is 11.3 Å². The molecule has 1 aromatic carbocycles. The highest BCUT2D eigenvalue weighted by molar-refractivity contribution is 7.13. The Morgan fingerprint density at radius 2 is 2.14 bits per heavy atom. The van der Waals surface area contributed by atoms with Gasteiger partial charge in [-0.05, 0) is 18.6 Å². The molecule has 0 saturated carbocycles. The Morgan fingerprint density at radius 3 is 2.86 bits per heavy atom. The Labute approximate surface area is 164 Å². The van der Waals surface area contributed by atoms with E-state index in [0.29, 0.717) is 18.0 Å². The summed E-state index contributed by atoms with van der Waals surface area (Å²) in [4.78, 5) is 28.2. The highest BCUT2D eigenvalue weighted by atomic mass is 32.1. The van der Waals surface area contributed by atoms with Crippen LogP contribution in [0.2, 0.25) is 0 Å². The topological polar surface area (TPSA) is 106 Å². The molecule has 4 rings (SSSR count). The van der Waals surface area contributed by atoms with Crippen molar-refractivity contribution in [2.75, 3.05) is 13.2 Å². The monoisotopic (exact) mass is 398 g/mol. The zero-order valence-electron chi connectivity index (χ0n) is 14.9. The molecule has 1 aliphatic rings. The number of carboxylic acid groups (broad SMARTS) is 1. The molecule has 3 aromatic rings. The number of aliphatic carboxylic acids is 1. The third-order valence-electron chi connectivity index (χ3n) is 4.56. The molecule has 2 aromatic heterocycles. The van der Waals surface area contributed by atoms with E-state index >= 15 is 0 Å². The number of amides is 1. The Hall–Kier alpha value is -3.04. The van der Waals surface area contributed by atoms with Gasteiger partial charge in [0.1, 0.15) is 10.7 Å². The van der Waals surface area contributed by atoms with Gasteiger partial charge in [0.2, 0.25) is 0 Å². The van der Waals surface area contributed by atoms with Crippen molar-refractivity contribution in [2.45, 2.75) is 18.4 Å². The number of thiazole rings is 1. The molecule has 2 N–H and O–H groups in total. The summed E-state index contributed by atoms with van der Waals surface area (Å²) in [6.07, 6.45) is 3.84. The number of nitrogens with zero attached hydrogens (tertiary/aromatic N) is 3. The lowest BCUT2D eigenvalue weighted by Gasteiger charge is -2.26. The smallest absolute Gasteiger partial charge is 0.305 e. The fraction of sp³-hybridized carbons (Fsp3) is 0.263. The number of rotatable bonds is 6. The zero-order valence-corrected chi connectivity index (χ0v) is 15.7. The fourth-order valence-corrected chi connectivity index (χ4v) is 3.93. The SMILES string of the molecule is O=C(O)CC1(NC(=O)c2csc(-c3cnn(-c4ccccc4)c3)n2)CCOC1. The minimum atomic E-state index is -0.974. The number of carbonyl (C=O) groups excluding carboxylic acids is 1. The summed E-state index contributed by atoms with van der Waals surface area (Å²) >= 11 is 1.34. The highest BCUT2D eigenvalue weighted by Gasteiger charge is 2.39. The van der Waals surface area contributed by atoms with Gasteiger partial charge in [0.25, 0.3) is 5.91 Å². The van der Waals surface area contributed by atoms with Crippen molar-refractivity contribution in [3.63, 3.8) is 0 Å². The number of hydrogen-bond acceptors (Lipinski definition) is 6. The number of nitrogens with one attached hydrogen (secondary N) is 1. The summed E-state index contributed by atoms with van der Waals surface area (Å²) in [7, 11) is 0. The van der Waals surface area contributed by atoms with E-state index < -0.39 is 17.4 Å². The van der Waals surface area contributed by atoms with Crippen molar-refractivity contribution in [2.24, 2.45) is 0 Å². The number of aromatic nitrogens is 3. The van der Waals surface area contributed by atoms with E-state index in [4.69, 9.17) is 9.84 Å². The third-order valence-corrected chi connectivity index (χ3v) is 5.45. The van der Waals surface area contributed by atoms with E-state index in [1.54, 1.807) is 16.3 Å². The molecule has 1 saturated heterocycles. The number of ether oxygens (including phenoxy) is 1. The Morgan fingerprint density at radius 1 is 1.32 bits per heavy atom. The normalized spacial score (nSPS) is 18.9. The van der Waals surface area contributed by atoms with E-state index in [1.165, 1.54) is 11.3 Å². The largest absolute Gasteiger partial charge is 0.481 e.